The van der Waals surface area contributed by atoms with Crippen LogP contribution in [0.2, 0.25) is 0 Å². The fraction of sp³-hybridized carbons (Fsp3) is 0.306. The zero-order valence-electron chi connectivity index (χ0n) is 39.7. The predicted molar refractivity (Wildman–Crippen MR) is 260 cm³/mol. The van der Waals surface area contributed by atoms with Gasteiger partial charge in [0, 0.05) is 86.8 Å². The molecule has 362 valence electrons. The number of nitrogens with zero attached hydrogens (tertiary/aromatic N) is 10. The maximum atomic E-state index is 13.9. The van der Waals surface area contributed by atoms with Gasteiger partial charge in [-0.15, -0.1) is 0 Å². The third-order valence-electron chi connectivity index (χ3n) is 12.0. The molecule has 0 saturated carbocycles. The number of allylic oxidation sites excluding steroid dienone is 2. The Morgan fingerprint density at radius 2 is 1.44 bits per heavy atom. The van der Waals surface area contributed by atoms with Gasteiger partial charge in [0.2, 0.25) is 23.7 Å². The van der Waals surface area contributed by atoms with Crippen LogP contribution in [0, 0.1) is 13.8 Å². The van der Waals surface area contributed by atoms with Crippen molar-refractivity contribution < 1.29 is 38.2 Å². The van der Waals surface area contributed by atoms with E-state index >= 15 is 0 Å². The Labute approximate surface area is 401 Å². The summed E-state index contributed by atoms with van der Waals surface area (Å²) in [5, 5.41) is 13.5. The number of rotatable bonds is 20. The number of aromatic nitrogens is 8. The second-order valence-corrected chi connectivity index (χ2v) is 16.7. The molecule has 0 saturated heterocycles. The van der Waals surface area contributed by atoms with Crippen molar-refractivity contribution in [1.82, 2.24) is 48.5 Å². The van der Waals surface area contributed by atoms with Crippen LogP contribution in [-0.2, 0) is 40.6 Å². The third kappa shape index (κ3) is 9.45. The summed E-state index contributed by atoms with van der Waals surface area (Å²) in [5.41, 5.74) is 17.4. The van der Waals surface area contributed by atoms with E-state index in [1.807, 2.05) is 60.4 Å². The van der Waals surface area contributed by atoms with Crippen LogP contribution in [0.4, 0.5) is 5.95 Å². The van der Waals surface area contributed by atoms with Gasteiger partial charge in [0.25, 0.3) is 17.7 Å². The Morgan fingerprint density at radius 1 is 0.786 bits per heavy atom. The summed E-state index contributed by atoms with van der Waals surface area (Å²) in [6.07, 6.45) is 6.50. The summed E-state index contributed by atoms with van der Waals surface area (Å²) in [7, 11) is 3.14. The molecule has 5 aromatic heterocycles. The van der Waals surface area contributed by atoms with Gasteiger partial charge in [0.05, 0.1) is 47.5 Å². The number of hydrogen-bond donors (Lipinski definition) is 3. The van der Waals surface area contributed by atoms with Crippen LogP contribution in [0.25, 0.3) is 44.4 Å². The summed E-state index contributed by atoms with van der Waals surface area (Å²) in [4.78, 5) is 88.4. The van der Waals surface area contributed by atoms with Crippen molar-refractivity contribution in [3.05, 3.63) is 101 Å². The Bertz CT molecular complexity index is 3300. The van der Waals surface area contributed by atoms with Gasteiger partial charge in [-0.25, -0.2) is 9.97 Å². The molecule has 0 atom stereocenters. The molecular formula is C49H53N13O8. The number of aryl methyl sites for hydroxylation is 4. The average Bonchev–Trinajstić information content (AvgIpc) is 4.16. The van der Waals surface area contributed by atoms with Crippen molar-refractivity contribution in [3.8, 4) is 22.9 Å². The quantitative estimate of drug-likeness (QED) is 0.0542. The van der Waals surface area contributed by atoms with Gasteiger partial charge < -0.3 is 35.0 Å². The summed E-state index contributed by atoms with van der Waals surface area (Å²) < 4.78 is 19.4. The summed E-state index contributed by atoms with van der Waals surface area (Å²) in [6.45, 7) is 9.46. The lowest BCUT2D eigenvalue weighted by Gasteiger charge is -2.19. The molecule has 0 radical (unpaired) electrons. The third-order valence-corrected chi connectivity index (χ3v) is 12.0. The molecule has 6 amide bonds. The summed E-state index contributed by atoms with van der Waals surface area (Å²) in [6, 6.07) is 13.9. The van der Waals surface area contributed by atoms with Crippen molar-refractivity contribution in [2.45, 2.75) is 66.7 Å². The maximum Gasteiger partial charge on any atom is 0.276 e. The van der Waals surface area contributed by atoms with Crippen LogP contribution < -0.4 is 26.3 Å². The van der Waals surface area contributed by atoms with Crippen molar-refractivity contribution in [1.29, 1.82) is 0 Å². The molecule has 0 aliphatic carbocycles. The number of methoxy groups -OCH3 is 1. The van der Waals surface area contributed by atoms with Crippen molar-refractivity contribution in [2.75, 3.05) is 39.2 Å². The van der Waals surface area contributed by atoms with E-state index in [1.165, 1.54) is 36.3 Å². The van der Waals surface area contributed by atoms with Gasteiger partial charge in [-0.3, -0.25) is 48.3 Å². The van der Waals surface area contributed by atoms with Crippen LogP contribution in [0.5, 0.6) is 11.5 Å². The number of imidazole rings is 1. The molecule has 0 spiro atoms. The first-order chi connectivity index (χ1) is 33.6. The van der Waals surface area contributed by atoms with E-state index in [0.717, 1.165) is 27.1 Å². The molecule has 1 aliphatic heterocycles. The molecule has 0 unspecified atom stereocenters. The van der Waals surface area contributed by atoms with Gasteiger partial charge >= 0.3 is 0 Å². The minimum absolute atomic E-state index is 0.0335. The number of carbonyl (C=O) groups excluding carboxylic acids is 6. The summed E-state index contributed by atoms with van der Waals surface area (Å²) in [5.74, 6) is -2.13. The number of primary amides is 2. The number of nitrogens with one attached hydrogen (secondary N) is 1. The molecule has 2 aromatic carbocycles. The molecule has 21 nitrogen and oxygen atoms in total. The Balaban J connectivity index is 1.13. The first-order valence-electron chi connectivity index (χ1n) is 22.7. The van der Waals surface area contributed by atoms with Crippen LogP contribution in [-0.4, -0.2) is 118 Å². The van der Waals surface area contributed by atoms with Crippen LogP contribution >= 0.6 is 0 Å². The molecule has 0 fully saturated rings. The van der Waals surface area contributed by atoms with Gasteiger partial charge in [-0.2, -0.15) is 10.2 Å². The standard InChI is InChI=1S/C49H53N13O8/c1-7-61-36(22-28(3)55-61)34-13-12-32-33-24-30(45(50)66)26-38(69-6)43(33)59(47(32)52-34)18-9-10-19-60-44-35(53-49(60)54-48(68)37-23-29(4)56-62(37)8-2)25-31(46(51)67)27-39(44)70-21-11-17-57(5)40(63)16-20-58-41(64)14-15-42(58)65/h9-10,12-15,22-27H,7-8,11,16-21H2,1-6H3,(H2,50,66)(H2,51,67)(H,53,54,68)/b10-9+. The zero-order chi connectivity index (χ0) is 50.0. The van der Waals surface area contributed by atoms with E-state index < -0.39 is 29.5 Å². The van der Waals surface area contributed by atoms with E-state index in [0.29, 0.717) is 64.5 Å². The minimum Gasteiger partial charge on any atom is -0.495 e. The largest absolute Gasteiger partial charge is 0.495 e. The Kier molecular flexibility index (Phi) is 13.6. The Morgan fingerprint density at radius 3 is 2.13 bits per heavy atom. The lowest BCUT2D eigenvalue weighted by Crippen LogP contribution is -2.36. The number of pyridine rings is 1. The number of fused-ring (bicyclic) bond motifs is 4. The van der Waals surface area contributed by atoms with Crippen LogP contribution in [0.15, 0.2) is 72.8 Å². The minimum atomic E-state index is -0.722. The van der Waals surface area contributed by atoms with Crippen molar-refractivity contribution >= 4 is 74.4 Å². The average molecular weight is 952 g/mol. The number of benzene rings is 2. The highest BCUT2D eigenvalue weighted by molar-refractivity contribution is 6.13. The highest BCUT2D eigenvalue weighted by atomic mass is 16.5. The lowest BCUT2D eigenvalue weighted by molar-refractivity contribution is -0.138. The van der Waals surface area contributed by atoms with Crippen LogP contribution in [0.3, 0.4) is 0 Å². The van der Waals surface area contributed by atoms with Gasteiger partial charge in [0.1, 0.15) is 28.4 Å². The molecule has 21 heteroatoms. The number of amides is 6. The maximum absolute atomic E-state index is 13.9. The normalized spacial score (nSPS) is 12.6. The smallest absolute Gasteiger partial charge is 0.276 e. The van der Waals surface area contributed by atoms with E-state index in [9.17, 15) is 28.8 Å². The highest BCUT2D eigenvalue weighted by Gasteiger charge is 2.26. The van der Waals surface area contributed by atoms with E-state index in [1.54, 1.807) is 41.4 Å². The number of anilines is 1. The summed E-state index contributed by atoms with van der Waals surface area (Å²) >= 11 is 0. The van der Waals surface area contributed by atoms with E-state index in [4.69, 9.17) is 30.9 Å². The molecule has 5 N–H and O–H groups in total. The molecular weight excluding hydrogens is 899 g/mol. The second-order valence-electron chi connectivity index (χ2n) is 16.7. The number of imide groups is 1. The van der Waals surface area contributed by atoms with E-state index in [2.05, 4.69) is 15.5 Å². The molecule has 6 heterocycles. The molecule has 7 aromatic rings. The molecule has 1 aliphatic rings. The van der Waals surface area contributed by atoms with Crippen molar-refractivity contribution in [2.24, 2.45) is 11.5 Å². The van der Waals surface area contributed by atoms with E-state index in [-0.39, 0.29) is 67.9 Å². The fourth-order valence-electron chi connectivity index (χ4n) is 8.58. The number of carbonyl (C=O) groups is 6. The first kappa shape index (κ1) is 47.9. The lowest BCUT2D eigenvalue weighted by atomic mass is 10.1. The van der Waals surface area contributed by atoms with Gasteiger partial charge in [-0.1, -0.05) is 12.2 Å². The molecule has 0 bridgehead atoms. The second kappa shape index (κ2) is 19.9. The van der Waals surface area contributed by atoms with Gasteiger partial charge in [-0.05, 0) is 82.6 Å². The molecule has 70 heavy (non-hydrogen) atoms. The number of nitrogens with two attached hydrogens (primary N) is 2. The van der Waals surface area contributed by atoms with Gasteiger partial charge in [0.15, 0.2) is 0 Å². The monoisotopic (exact) mass is 951 g/mol. The zero-order valence-corrected chi connectivity index (χ0v) is 39.7. The first-order valence-corrected chi connectivity index (χ1v) is 22.7. The Hall–Kier alpha value is -8.62. The van der Waals surface area contributed by atoms with Crippen molar-refractivity contribution in [3.63, 3.8) is 0 Å². The molecule has 8 rings (SSSR count). The topological polar surface area (TPSA) is 263 Å². The number of hydrogen-bond acceptors (Lipinski definition) is 12. The predicted octanol–water partition coefficient (Wildman–Crippen LogP) is 4.51. The SMILES string of the molecule is CCn1nc(C)cc1C(=O)Nc1nc2cc(C(N)=O)cc(OCCCN(C)C(=O)CCN3C(=O)C=CC3=O)c2n1C/C=C/Cn1c2nc(-c3cc(C)nn3CC)ccc2c2cc(C(N)=O)cc(OC)c21. The van der Waals surface area contributed by atoms with Crippen LogP contribution in [0.1, 0.15) is 69.3 Å². The number of ether oxygens (including phenoxy) is 2. The highest BCUT2D eigenvalue weighted by Crippen LogP contribution is 2.37. The fourth-order valence-corrected chi connectivity index (χ4v) is 8.58.